The quantitative estimate of drug-likeness (QED) is 0.907. The summed E-state index contributed by atoms with van der Waals surface area (Å²) in [6, 6.07) is 7.54. The number of rotatable bonds is 3. The van der Waals surface area contributed by atoms with E-state index in [1.54, 1.807) is 0 Å². The van der Waals surface area contributed by atoms with Crippen LogP contribution in [-0.2, 0) is 26.8 Å². The van der Waals surface area contributed by atoms with Gasteiger partial charge in [-0.3, -0.25) is 4.79 Å². The topological polar surface area (TPSA) is 66.5 Å². The molecule has 132 valence electrons. The van der Waals surface area contributed by atoms with E-state index in [1.807, 2.05) is 31.7 Å². The van der Waals surface area contributed by atoms with Crippen LogP contribution in [0.1, 0.15) is 44.7 Å². The molecule has 0 saturated heterocycles. The fraction of sp³-hybridized carbons (Fsp3) is 0.611. The summed E-state index contributed by atoms with van der Waals surface area (Å²) in [5, 5.41) is 0. The number of hydrogen-bond donors (Lipinski definition) is 1. The second-order valence-electron chi connectivity index (χ2n) is 8.32. The van der Waals surface area contributed by atoms with Gasteiger partial charge in [0.25, 0.3) is 0 Å². The first-order valence-electron chi connectivity index (χ1n) is 8.36. The number of carbonyl (C=O) groups is 1. The second-order valence-corrected chi connectivity index (χ2v) is 10.1. The number of benzene rings is 1. The third-order valence-electron chi connectivity index (χ3n) is 5.05. The van der Waals surface area contributed by atoms with Crippen LogP contribution in [0.3, 0.4) is 0 Å². The lowest BCUT2D eigenvalue weighted by Crippen LogP contribution is -2.56. The molecule has 0 aromatic heterocycles. The molecule has 1 saturated carbocycles. The Morgan fingerprint density at radius 3 is 2.42 bits per heavy atom. The summed E-state index contributed by atoms with van der Waals surface area (Å²) in [6.07, 6.45) is 3.29. The summed E-state index contributed by atoms with van der Waals surface area (Å²) in [6.45, 7) is 6.89. The van der Waals surface area contributed by atoms with Crippen molar-refractivity contribution in [2.75, 3.05) is 12.8 Å². The highest BCUT2D eigenvalue weighted by Crippen LogP contribution is 2.52. The number of carbonyl (C=O) groups excluding carboxylic acids is 1. The van der Waals surface area contributed by atoms with Crippen molar-refractivity contribution in [1.29, 1.82) is 0 Å². The van der Waals surface area contributed by atoms with Crippen LogP contribution in [0, 0.1) is 5.41 Å². The molecule has 0 bridgehead atoms. The highest BCUT2D eigenvalue weighted by molar-refractivity contribution is 7.88. The Labute approximate surface area is 144 Å². The molecule has 1 amide bonds. The van der Waals surface area contributed by atoms with Gasteiger partial charge in [0, 0.05) is 18.5 Å². The van der Waals surface area contributed by atoms with Crippen molar-refractivity contribution in [3.63, 3.8) is 0 Å². The molecular formula is C18H26N2O3S. The molecule has 5 nitrogen and oxygen atoms in total. The third-order valence-corrected chi connectivity index (χ3v) is 5.72. The Balaban J connectivity index is 1.90. The molecule has 1 aromatic carbocycles. The first-order chi connectivity index (χ1) is 11.0. The third kappa shape index (κ3) is 3.35. The van der Waals surface area contributed by atoms with Gasteiger partial charge < -0.3 is 4.90 Å². The number of hydrogen-bond acceptors (Lipinski definition) is 3. The molecule has 1 aliphatic heterocycles. The van der Waals surface area contributed by atoms with Gasteiger partial charge in [0.1, 0.15) is 6.04 Å². The first-order valence-corrected chi connectivity index (χ1v) is 10.3. The molecule has 24 heavy (non-hydrogen) atoms. The number of fused-ring (bicyclic) bond motifs is 2. The second kappa shape index (κ2) is 5.56. The monoisotopic (exact) mass is 350 g/mol. The molecule has 0 radical (unpaired) electrons. The molecule has 1 atom stereocenters. The van der Waals surface area contributed by atoms with Crippen molar-refractivity contribution in [3.05, 3.63) is 35.4 Å². The Morgan fingerprint density at radius 2 is 1.88 bits per heavy atom. The Morgan fingerprint density at radius 1 is 1.25 bits per heavy atom. The van der Waals surface area contributed by atoms with Gasteiger partial charge in [0.2, 0.25) is 15.9 Å². The summed E-state index contributed by atoms with van der Waals surface area (Å²) >= 11 is 0. The van der Waals surface area contributed by atoms with Gasteiger partial charge in [-0.1, -0.05) is 45.0 Å². The van der Waals surface area contributed by atoms with Crippen molar-refractivity contribution in [1.82, 2.24) is 9.62 Å². The van der Waals surface area contributed by atoms with Crippen LogP contribution in [0.2, 0.25) is 0 Å². The van der Waals surface area contributed by atoms with E-state index in [9.17, 15) is 13.2 Å². The van der Waals surface area contributed by atoms with Gasteiger partial charge in [0.05, 0.1) is 6.26 Å². The average Bonchev–Trinajstić information content (AvgIpc) is 3.22. The minimum absolute atomic E-state index is 0.0814. The van der Waals surface area contributed by atoms with Crippen molar-refractivity contribution < 1.29 is 13.2 Å². The van der Waals surface area contributed by atoms with Crippen LogP contribution in [-0.4, -0.2) is 38.1 Å². The maximum absolute atomic E-state index is 13.1. The van der Waals surface area contributed by atoms with E-state index in [0.717, 1.165) is 19.1 Å². The molecule has 1 heterocycles. The van der Waals surface area contributed by atoms with Gasteiger partial charge in [-0.25, -0.2) is 13.1 Å². The molecule has 1 aliphatic carbocycles. The zero-order valence-electron chi connectivity index (χ0n) is 14.8. The number of nitrogens with one attached hydrogen (secondary N) is 1. The van der Waals surface area contributed by atoms with E-state index < -0.39 is 21.5 Å². The summed E-state index contributed by atoms with van der Waals surface area (Å²) in [4.78, 5) is 15.0. The maximum Gasteiger partial charge on any atom is 0.241 e. The normalized spacial score (nSPS) is 20.6. The summed E-state index contributed by atoms with van der Waals surface area (Å²) in [5.41, 5.74) is 2.13. The summed E-state index contributed by atoms with van der Waals surface area (Å²) in [5.74, 6) is -0.131. The van der Waals surface area contributed by atoms with Crippen molar-refractivity contribution in [2.24, 2.45) is 5.41 Å². The van der Waals surface area contributed by atoms with Gasteiger partial charge in [-0.2, -0.15) is 0 Å². The van der Waals surface area contributed by atoms with Crippen molar-refractivity contribution in [3.8, 4) is 0 Å². The van der Waals surface area contributed by atoms with E-state index in [-0.39, 0.29) is 11.3 Å². The molecule has 1 N–H and O–H groups in total. The van der Waals surface area contributed by atoms with Crippen LogP contribution in [0.4, 0.5) is 0 Å². The Kier molecular flexibility index (Phi) is 4.04. The molecule has 3 rings (SSSR count). The molecular weight excluding hydrogens is 324 g/mol. The number of amides is 1. The summed E-state index contributed by atoms with van der Waals surface area (Å²) in [7, 11) is -3.46. The van der Waals surface area contributed by atoms with Gasteiger partial charge >= 0.3 is 0 Å². The number of sulfonamides is 1. The fourth-order valence-corrected chi connectivity index (χ4v) is 4.50. The van der Waals surface area contributed by atoms with E-state index in [0.29, 0.717) is 13.1 Å². The smallest absolute Gasteiger partial charge is 0.241 e. The first kappa shape index (κ1) is 17.4. The van der Waals surface area contributed by atoms with Gasteiger partial charge in [0.15, 0.2) is 0 Å². The van der Waals surface area contributed by atoms with Crippen LogP contribution >= 0.6 is 0 Å². The highest BCUT2D eigenvalue weighted by atomic mass is 32.2. The molecule has 6 heteroatoms. The molecule has 1 aromatic rings. The van der Waals surface area contributed by atoms with Crippen LogP contribution in [0.25, 0.3) is 0 Å². The minimum atomic E-state index is -3.46. The van der Waals surface area contributed by atoms with Gasteiger partial charge in [-0.15, -0.1) is 0 Å². The van der Waals surface area contributed by atoms with E-state index >= 15 is 0 Å². The largest absolute Gasteiger partial charge is 0.336 e. The van der Waals surface area contributed by atoms with Crippen molar-refractivity contribution >= 4 is 15.9 Å². The lowest BCUT2D eigenvalue weighted by molar-refractivity contribution is -0.137. The fourth-order valence-electron chi connectivity index (χ4n) is 3.62. The zero-order chi connectivity index (χ0) is 17.8. The summed E-state index contributed by atoms with van der Waals surface area (Å²) < 4.78 is 26.0. The lowest BCUT2D eigenvalue weighted by Gasteiger charge is -2.39. The molecule has 1 unspecified atom stereocenters. The minimum Gasteiger partial charge on any atom is -0.336 e. The van der Waals surface area contributed by atoms with Crippen LogP contribution in [0.5, 0.6) is 0 Å². The predicted molar refractivity (Wildman–Crippen MR) is 94.0 cm³/mol. The SMILES string of the molecule is CC(C)(C)C(NS(C)(=O)=O)C(=O)N1Cc2ccccc2C2(CC2)C1. The molecule has 1 spiro atoms. The lowest BCUT2D eigenvalue weighted by atomic mass is 9.83. The van der Waals surface area contributed by atoms with E-state index in [1.165, 1.54) is 11.1 Å². The van der Waals surface area contributed by atoms with E-state index in [4.69, 9.17) is 0 Å². The van der Waals surface area contributed by atoms with Crippen LogP contribution in [0.15, 0.2) is 24.3 Å². The Bertz CT molecular complexity index is 761. The zero-order valence-corrected chi connectivity index (χ0v) is 15.6. The van der Waals surface area contributed by atoms with Gasteiger partial charge in [-0.05, 0) is 29.4 Å². The number of nitrogens with zero attached hydrogens (tertiary/aromatic N) is 1. The molecule has 2 aliphatic rings. The van der Waals surface area contributed by atoms with E-state index in [2.05, 4.69) is 22.9 Å². The van der Waals surface area contributed by atoms with Crippen molar-refractivity contribution in [2.45, 2.75) is 51.6 Å². The molecule has 1 fully saturated rings. The average molecular weight is 350 g/mol. The highest BCUT2D eigenvalue weighted by Gasteiger charge is 2.51. The standard InChI is InChI=1S/C18H26N2O3S/c1-17(2,3)15(19-24(4,22)23)16(21)20-11-13-7-5-6-8-14(13)18(12-20)9-10-18/h5-8,15,19H,9-12H2,1-4H3. The van der Waals surface area contributed by atoms with Crippen LogP contribution < -0.4 is 4.72 Å². The maximum atomic E-state index is 13.1. The predicted octanol–water partition coefficient (Wildman–Crippen LogP) is 2.02. The Hall–Kier alpha value is -1.40.